The van der Waals surface area contributed by atoms with Crippen molar-refractivity contribution >= 4 is 11.5 Å². The minimum Gasteiger partial charge on any atom is -0.411 e. The molecular weight excluding hydrogens is 226 g/mol. The van der Waals surface area contributed by atoms with Crippen LogP contribution in [0.25, 0.3) is 0 Å². The van der Waals surface area contributed by atoms with Crippen molar-refractivity contribution in [2.45, 2.75) is 6.42 Å². The molecule has 0 aliphatic carbocycles. The fraction of sp³-hybridized carbons (Fsp3) is 0.143. The summed E-state index contributed by atoms with van der Waals surface area (Å²) in [6.07, 6.45) is 2.37. The Morgan fingerprint density at radius 1 is 1.11 bits per heavy atom. The van der Waals surface area contributed by atoms with E-state index >= 15 is 0 Å². The number of hydrogen-bond acceptors (Lipinski definition) is 4. The van der Waals surface area contributed by atoms with Crippen molar-refractivity contribution in [1.29, 1.82) is 0 Å². The third kappa shape index (κ3) is 3.31. The number of aromatic nitrogens is 1. The highest BCUT2D eigenvalue weighted by Crippen LogP contribution is 2.05. The predicted octanol–water partition coefficient (Wildman–Crippen LogP) is 2.76. The second-order valence-corrected chi connectivity index (χ2v) is 3.80. The molecule has 0 aliphatic heterocycles. The first-order valence-corrected chi connectivity index (χ1v) is 5.81. The summed E-state index contributed by atoms with van der Waals surface area (Å²) in [6.45, 7) is 0.672. The number of benzene rings is 1. The standard InChI is InChI=1S/C14H15N3O/c18-17-13(12-6-2-1-3-7-12)9-11-16-14-8-4-5-10-15-14/h1-8,10,18H,9,11H2,(H,15,16). The molecule has 0 bridgehead atoms. The van der Waals surface area contributed by atoms with E-state index < -0.39 is 0 Å². The van der Waals surface area contributed by atoms with Crippen molar-refractivity contribution in [2.24, 2.45) is 5.16 Å². The molecule has 0 atom stereocenters. The lowest BCUT2D eigenvalue weighted by Gasteiger charge is -2.06. The number of nitrogens with zero attached hydrogens (tertiary/aromatic N) is 2. The molecule has 0 aliphatic rings. The summed E-state index contributed by atoms with van der Waals surface area (Å²) < 4.78 is 0. The average Bonchev–Trinajstić information content (AvgIpc) is 2.46. The smallest absolute Gasteiger partial charge is 0.125 e. The number of hydrogen-bond donors (Lipinski definition) is 2. The molecule has 0 fully saturated rings. The van der Waals surface area contributed by atoms with Crippen LogP contribution in [0.2, 0.25) is 0 Å². The van der Waals surface area contributed by atoms with E-state index in [2.05, 4.69) is 15.5 Å². The molecular formula is C14H15N3O. The van der Waals surface area contributed by atoms with Crippen LogP contribution < -0.4 is 5.32 Å². The molecule has 0 radical (unpaired) electrons. The molecule has 0 saturated carbocycles. The van der Waals surface area contributed by atoms with E-state index in [4.69, 9.17) is 5.21 Å². The van der Waals surface area contributed by atoms with Gasteiger partial charge in [0.1, 0.15) is 5.82 Å². The molecule has 0 saturated heterocycles. The first-order chi connectivity index (χ1) is 8.90. The van der Waals surface area contributed by atoms with Crippen LogP contribution in [0.1, 0.15) is 12.0 Å². The van der Waals surface area contributed by atoms with E-state index in [0.717, 1.165) is 11.4 Å². The quantitative estimate of drug-likeness (QED) is 0.481. The molecule has 2 N–H and O–H groups in total. The molecule has 2 aromatic rings. The zero-order chi connectivity index (χ0) is 12.6. The van der Waals surface area contributed by atoms with Crippen LogP contribution in [-0.2, 0) is 0 Å². The van der Waals surface area contributed by atoms with Crippen LogP contribution >= 0.6 is 0 Å². The lowest BCUT2D eigenvalue weighted by Crippen LogP contribution is -2.10. The number of pyridine rings is 1. The summed E-state index contributed by atoms with van der Waals surface area (Å²) in [5.74, 6) is 0.822. The Kier molecular flexibility index (Phi) is 4.30. The first kappa shape index (κ1) is 12.1. The Bertz CT molecular complexity index is 497. The Hall–Kier alpha value is -2.36. The number of nitrogens with one attached hydrogen (secondary N) is 1. The SMILES string of the molecule is ON=C(CCNc1ccccn1)c1ccccc1. The van der Waals surface area contributed by atoms with Gasteiger partial charge in [0.2, 0.25) is 0 Å². The van der Waals surface area contributed by atoms with Gasteiger partial charge in [0.15, 0.2) is 0 Å². The lowest BCUT2D eigenvalue weighted by molar-refractivity contribution is 0.318. The Morgan fingerprint density at radius 2 is 1.89 bits per heavy atom. The highest BCUT2D eigenvalue weighted by atomic mass is 16.4. The summed E-state index contributed by atoms with van der Waals surface area (Å²) in [5, 5.41) is 15.5. The summed E-state index contributed by atoms with van der Waals surface area (Å²) in [7, 11) is 0. The summed E-state index contributed by atoms with van der Waals surface area (Å²) in [4.78, 5) is 4.16. The molecule has 92 valence electrons. The van der Waals surface area contributed by atoms with Gasteiger partial charge in [-0.2, -0.15) is 0 Å². The van der Waals surface area contributed by atoms with Crippen molar-refractivity contribution in [2.75, 3.05) is 11.9 Å². The fourth-order valence-corrected chi connectivity index (χ4v) is 1.66. The summed E-state index contributed by atoms with van der Waals surface area (Å²) in [5.41, 5.74) is 1.60. The van der Waals surface area contributed by atoms with Crippen LogP contribution in [0.5, 0.6) is 0 Å². The van der Waals surface area contributed by atoms with Gasteiger partial charge >= 0.3 is 0 Å². The second-order valence-electron chi connectivity index (χ2n) is 3.80. The minimum absolute atomic E-state index is 0.636. The van der Waals surface area contributed by atoms with Crippen LogP contribution in [0.3, 0.4) is 0 Å². The Balaban J connectivity index is 1.90. The van der Waals surface area contributed by atoms with Gasteiger partial charge in [-0.1, -0.05) is 41.6 Å². The van der Waals surface area contributed by atoms with Gasteiger partial charge in [-0.05, 0) is 17.7 Å². The van der Waals surface area contributed by atoms with Crippen LogP contribution in [0, 0.1) is 0 Å². The van der Waals surface area contributed by atoms with E-state index in [1.807, 2.05) is 48.5 Å². The molecule has 4 heteroatoms. The van der Waals surface area contributed by atoms with Gasteiger partial charge in [0, 0.05) is 19.2 Å². The van der Waals surface area contributed by atoms with Gasteiger partial charge in [-0.3, -0.25) is 0 Å². The van der Waals surface area contributed by atoms with E-state index in [0.29, 0.717) is 18.7 Å². The van der Waals surface area contributed by atoms with Gasteiger partial charge in [0.05, 0.1) is 5.71 Å². The van der Waals surface area contributed by atoms with Crippen LogP contribution in [-0.4, -0.2) is 22.4 Å². The van der Waals surface area contributed by atoms with E-state index in [1.54, 1.807) is 6.20 Å². The third-order valence-electron chi connectivity index (χ3n) is 2.56. The normalized spacial score (nSPS) is 11.2. The molecule has 0 spiro atoms. The molecule has 0 unspecified atom stereocenters. The molecule has 1 aromatic heterocycles. The summed E-state index contributed by atoms with van der Waals surface area (Å²) >= 11 is 0. The maximum atomic E-state index is 9.02. The zero-order valence-corrected chi connectivity index (χ0v) is 9.95. The summed E-state index contributed by atoms with van der Waals surface area (Å²) in [6, 6.07) is 15.3. The molecule has 18 heavy (non-hydrogen) atoms. The van der Waals surface area contributed by atoms with Crippen molar-refractivity contribution < 1.29 is 5.21 Å². The first-order valence-electron chi connectivity index (χ1n) is 5.81. The van der Waals surface area contributed by atoms with Crippen LogP contribution in [0.4, 0.5) is 5.82 Å². The zero-order valence-electron chi connectivity index (χ0n) is 9.95. The van der Waals surface area contributed by atoms with Crippen molar-refractivity contribution in [1.82, 2.24) is 4.98 Å². The topological polar surface area (TPSA) is 57.5 Å². The molecule has 1 aromatic carbocycles. The Labute approximate surface area is 106 Å². The predicted molar refractivity (Wildman–Crippen MR) is 72.1 cm³/mol. The highest BCUT2D eigenvalue weighted by Gasteiger charge is 2.03. The third-order valence-corrected chi connectivity index (χ3v) is 2.56. The average molecular weight is 241 g/mol. The van der Waals surface area contributed by atoms with E-state index in [1.165, 1.54) is 0 Å². The maximum Gasteiger partial charge on any atom is 0.125 e. The van der Waals surface area contributed by atoms with Crippen molar-refractivity contribution in [3.8, 4) is 0 Å². The number of oxime groups is 1. The van der Waals surface area contributed by atoms with E-state index in [-0.39, 0.29) is 0 Å². The monoisotopic (exact) mass is 241 g/mol. The van der Waals surface area contributed by atoms with Crippen molar-refractivity contribution in [3.63, 3.8) is 0 Å². The molecule has 2 rings (SSSR count). The fourth-order valence-electron chi connectivity index (χ4n) is 1.66. The van der Waals surface area contributed by atoms with Gasteiger partial charge < -0.3 is 10.5 Å². The highest BCUT2D eigenvalue weighted by molar-refractivity contribution is 6.00. The maximum absolute atomic E-state index is 9.02. The van der Waals surface area contributed by atoms with E-state index in [9.17, 15) is 0 Å². The Morgan fingerprint density at radius 3 is 2.56 bits per heavy atom. The lowest BCUT2D eigenvalue weighted by atomic mass is 10.1. The second kappa shape index (κ2) is 6.39. The van der Waals surface area contributed by atoms with Crippen LogP contribution in [0.15, 0.2) is 59.9 Å². The minimum atomic E-state index is 0.636. The number of rotatable bonds is 5. The van der Waals surface area contributed by atoms with Gasteiger partial charge in [-0.25, -0.2) is 4.98 Å². The van der Waals surface area contributed by atoms with Crippen molar-refractivity contribution in [3.05, 3.63) is 60.3 Å². The molecule has 0 amide bonds. The molecule has 4 nitrogen and oxygen atoms in total. The van der Waals surface area contributed by atoms with Gasteiger partial charge in [-0.15, -0.1) is 0 Å². The largest absolute Gasteiger partial charge is 0.411 e. The van der Waals surface area contributed by atoms with Gasteiger partial charge in [0.25, 0.3) is 0 Å². The molecule has 1 heterocycles. The number of anilines is 1.